The normalized spacial score (nSPS) is 25.2. The van der Waals surface area contributed by atoms with Gasteiger partial charge in [-0.3, -0.25) is 4.79 Å². The molecule has 2 rings (SSSR count). The Kier molecular flexibility index (Phi) is 44.0. The van der Waals surface area contributed by atoms with Crippen LogP contribution in [0.15, 0.2) is 48.6 Å². The van der Waals surface area contributed by atoms with Gasteiger partial charge in [0.1, 0.15) is 48.8 Å². The van der Waals surface area contributed by atoms with Crippen molar-refractivity contribution in [3.05, 3.63) is 48.6 Å². The van der Waals surface area contributed by atoms with Gasteiger partial charge in [-0.2, -0.15) is 0 Å². The largest absolute Gasteiger partial charge is 0.394 e. The minimum atomic E-state index is -1.79. The van der Waals surface area contributed by atoms with Crippen molar-refractivity contribution >= 4 is 5.91 Å². The number of aliphatic hydroxyl groups is 8. The van der Waals surface area contributed by atoms with E-state index in [1.165, 1.54) is 161 Å². The van der Waals surface area contributed by atoms with Crippen molar-refractivity contribution in [3.63, 3.8) is 0 Å². The maximum atomic E-state index is 13.1. The zero-order valence-electron chi connectivity index (χ0n) is 47.7. The molecule has 444 valence electrons. The Labute approximate surface area is 461 Å². The lowest BCUT2D eigenvalue weighted by molar-refractivity contribution is -0.359. The fourth-order valence-corrected chi connectivity index (χ4v) is 10.0. The molecule has 0 bridgehead atoms. The van der Waals surface area contributed by atoms with Gasteiger partial charge in [0.25, 0.3) is 0 Å². The van der Waals surface area contributed by atoms with E-state index in [0.717, 1.165) is 57.8 Å². The molecule has 2 aliphatic rings. The SMILES string of the molecule is CCCCC/C=C/C(O)C(COC1OC(CO)C(OC2OC(CO)C(O)C(O)C2O)C(O)C1O)NC(=O)CCCCCCCCCCCCCCCCCCCCCCCC/C=C\C/C=C\C/C=C\CCCCCCC. The first-order valence-electron chi connectivity index (χ1n) is 30.9. The molecule has 1 amide bonds. The summed E-state index contributed by atoms with van der Waals surface area (Å²) in [7, 11) is 0. The predicted molar refractivity (Wildman–Crippen MR) is 304 cm³/mol. The number of unbranched alkanes of at least 4 members (excludes halogenated alkanes) is 30. The highest BCUT2D eigenvalue weighted by Gasteiger charge is 2.51. The molecule has 0 aromatic carbocycles. The summed E-state index contributed by atoms with van der Waals surface area (Å²) >= 11 is 0. The van der Waals surface area contributed by atoms with Gasteiger partial charge in [-0.1, -0.05) is 229 Å². The zero-order chi connectivity index (χ0) is 55.3. The quantitative estimate of drug-likeness (QED) is 0.0204. The van der Waals surface area contributed by atoms with Gasteiger partial charge in [-0.05, 0) is 57.8 Å². The van der Waals surface area contributed by atoms with Gasteiger partial charge in [0, 0.05) is 6.42 Å². The van der Waals surface area contributed by atoms with Gasteiger partial charge in [-0.15, -0.1) is 0 Å². The van der Waals surface area contributed by atoms with Crippen LogP contribution < -0.4 is 5.32 Å². The van der Waals surface area contributed by atoms with E-state index in [1.807, 2.05) is 6.08 Å². The summed E-state index contributed by atoms with van der Waals surface area (Å²) in [5.41, 5.74) is 0. The highest BCUT2D eigenvalue weighted by atomic mass is 16.7. The van der Waals surface area contributed by atoms with Crippen molar-refractivity contribution in [2.45, 2.75) is 319 Å². The smallest absolute Gasteiger partial charge is 0.220 e. The number of carbonyl (C=O) groups is 1. The average Bonchev–Trinajstić information content (AvgIpc) is 3.42. The molecule has 12 unspecified atom stereocenters. The van der Waals surface area contributed by atoms with Crippen LogP contribution in [0.5, 0.6) is 0 Å². The second kappa shape index (κ2) is 47.7. The summed E-state index contributed by atoms with van der Waals surface area (Å²) < 4.78 is 22.6. The van der Waals surface area contributed by atoms with Crippen LogP contribution in [0.3, 0.4) is 0 Å². The van der Waals surface area contributed by atoms with E-state index in [2.05, 4.69) is 55.6 Å². The topological polar surface area (TPSA) is 228 Å². The van der Waals surface area contributed by atoms with Crippen molar-refractivity contribution in [1.29, 1.82) is 0 Å². The van der Waals surface area contributed by atoms with E-state index in [0.29, 0.717) is 6.42 Å². The number of amides is 1. The molecule has 12 atom stereocenters. The number of aliphatic hydroxyl groups excluding tert-OH is 8. The molecule has 9 N–H and O–H groups in total. The highest BCUT2D eigenvalue weighted by molar-refractivity contribution is 5.76. The molecule has 76 heavy (non-hydrogen) atoms. The average molecular weight is 1080 g/mol. The first-order valence-corrected chi connectivity index (χ1v) is 30.9. The number of carbonyl (C=O) groups excluding carboxylic acids is 1. The Morgan fingerprint density at radius 2 is 0.868 bits per heavy atom. The van der Waals surface area contributed by atoms with E-state index in [4.69, 9.17) is 18.9 Å². The number of rotatable bonds is 49. The van der Waals surface area contributed by atoms with Gasteiger partial charge < -0.3 is 65.1 Å². The summed E-state index contributed by atoms with van der Waals surface area (Å²) in [6, 6.07) is -0.909. The second-order valence-electron chi connectivity index (χ2n) is 21.8. The summed E-state index contributed by atoms with van der Waals surface area (Å²) in [6.45, 7) is 2.66. The monoisotopic (exact) mass is 1080 g/mol. The first kappa shape index (κ1) is 70.1. The molecule has 2 heterocycles. The molecular weight excluding hydrogens is 967 g/mol. The number of hydrogen-bond donors (Lipinski definition) is 9. The van der Waals surface area contributed by atoms with E-state index in [-0.39, 0.29) is 18.9 Å². The third-order valence-corrected chi connectivity index (χ3v) is 15.0. The summed E-state index contributed by atoms with van der Waals surface area (Å²) in [5.74, 6) is -0.245. The van der Waals surface area contributed by atoms with Gasteiger partial charge in [0.2, 0.25) is 5.91 Å². The Hall–Kier alpha value is -2.05. The van der Waals surface area contributed by atoms with Crippen molar-refractivity contribution in [2.24, 2.45) is 0 Å². The maximum absolute atomic E-state index is 13.1. The molecule has 0 spiro atoms. The molecule has 0 aromatic rings. The van der Waals surface area contributed by atoms with Crippen LogP contribution >= 0.6 is 0 Å². The predicted octanol–water partition coefficient (Wildman–Crippen LogP) is 10.8. The standard InChI is InChI=1S/C62H113NO13/c1-3-5-7-9-10-11-12-13-14-15-16-17-18-19-20-21-22-23-24-25-26-27-28-29-30-31-32-33-34-35-36-37-38-39-40-42-44-46-54(67)63-50(51(66)45-43-41-8-6-4-2)49-73-61-59(72)57(70)60(53(48-65)75-61)76-62-58(71)56(69)55(68)52(47-64)74-62/h12-13,15-16,18-19,43,45,50-53,55-62,64-66,68-72H,3-11,14,17,20-42,44,46-49H2,1-2H3,(H,63,67)/b13-12-,16-15-,19-18-,45-43+. The zero-order valence-corrected chi connectivity index (χ0v) is 47.7. The van der Waals surface area contributed by atoms with Gasteiger partial charge in [0.15, 0.2) is 12.6 Å². The molecule has 2 fully saturated rings. The second-order valence-corrected chi connectivity index (χ2v) is 21.8. The lowest BCUT2D eigenvalue weighted by Crippen LogP contribution is -2.65. The lowest BCUT2D eigenvalue weighted by Gasteiger charge is -2.46. The lowest BCUT2D eigenvalue weighted by atomic mass is 9.97. The highest BCUT2D eigenvalue weighted by Crippen LogP contribution is 2.30. The molecule has 14 nitrogen and oxygen atoms in total. The Morgan fingerprint density at radius 1 is 0.474 bits per heavy atom. The fraction of sp³-hybridized carbons (Fsp3) is 0.855. The van der Waals surface area contributed by atoms with E-state index in [9.17, 15) is 45.6 Å². The van der Waals surface area contributed by atoms with Crippen LogP contribution in [0.4, 0.5) is 0 Å². The number of ether oxygens (including phenoxy) is 4. The fourth-order valence-electron chi connectivity index (χ4n) is 10.0. The molecule has 0 aromatic heterocycles. The van der Waals surface area contributed by atoms with Gasteiger partial charge >= 0.3 is 0 Å². The summed E-state index contributed by atoms with van der Waals surface area (Å²) in [4.78, 5) is 13.1. The summed E-state index contributed by atoms with van der Waals surface area (Å²) in [6.07, 6.45) is 44.1. The maximum Gasteiger partial charge on any atom is 0.220 e. The number of nitrogens with one attached hydrogen (secondary N) is 1. The van der Waals surface area contributed by atoms with Crippen molar-refractivity contribution in [1.82, 2.24) is 5.32 Å². The first-order chi connectivity index (χ1) is 37.1. The van der Waals surface area contributed by atoms with Crippen LogP contribution in [-0.2, 0) is 23.7 Å². The number of hydrogen-bond acceptors (Lipinski definition) is 13. The third kappa shape index (κ3) is 32.9. The van der Waals surface area contributed by atoms with Crippen LogP contribution in [0, 0.1) is 0 Å². The van der Waals surface area contributed by atoms with Crippen molar-refractivity contribution in [3.8, 4) is 0 Å². The Morgan fingerprint density at radius 3 is 1.36 bits per heavy atom. The molecule has 2 saturated heterocycles. The van der Waals surface area contributed by atoms with Crippen LogP contribution in [0.2, 0.25) is 0 Å². The van der Waals surface area contributed by atoms with Crippen molar-refractivity contribution < 1.29 is 64.6 Å². The molecule has 14 heteroatoms. The van der Waals surface area contributed by atoms with Crippen molar-refractivity contribution in [2.75, 3.05) is 19.8 Å². The molecule has 0 radical (unpaired) electrons. The third-order valence-electron chi connectivity index (χ3n) is 15.0. The Balaban J connectivity index is 1.49. The molecule has 0 saturated carbocycles. The van der Waals surface area contributed by atoms with Crippen LogP contribution in [0.1, 0.15) is 245 Å². The van der Waals surface area contributed by atoms with Crippen LogP contribution in [0.25, 0.3) is 0 Å². The van der Waals surface area contributed by atoms with Gasteiger partial charge in [-0.25, -0.2) is 0 Å². The van der Waals surface area contributed by atoms with Crippen LogP contribution in [-0.4, -0.2) is 140 Å². The summed E-state index contributed by atoms with van der Waals surface area (Å²) in [5, 5.41) is 86.4. The molecule has 0 aliphatic carbocycles. The van der Waals surface area contributed by atoms with E-state index < -0.39 is 86.8 Å². The van der Waals surface area contributed by atoms with E-state index in [1.54, 1.807) is 6.08 Å². The Bertz CT molecular complexity index is 1460. The minimum Gasteiger partial charge on any atom is -0.394 e. The molecular formula is C62H113NO13. The number of allylic oxidation sites excluding steroid dienone is 7. The minimum absolute atomic E-state index is 0.245. The molecule has 2 aliphatic heterocycles. The van der Waals surface area contributed by atoms with E-state index >= 15 is 0 Å². The van der Waals surface area contributed by atoms with Gasteiger partial charge in [0.05, 0.1) is 32.0 Å².